The van der Waals surface area contributed by atoms with E-state index in [9.17, 15) is 0 Å². The number of amidine groups is 1. The summed E-state index contributed by atoms with van der Waals surface area (Å²) < 4.78 is 0. The molecule has 4 heteroatoms. The molecule has 0 aliphatic carbocycles. The van der Waals surface area contributed by atoms with Gasteiger partial charge in [0.1, 0.15) is 6.67 Å². The molecule has 0 aromatic rings. The molecule has 0 atom stereocenters. The molecule has 0 saturated heterocycles. The predicted octanol–water partition coefficient (Wildman–Crippen LogP) is 0.893. The van der Waals surface area contributed by atoms with Crippen LogP contribution in [0.15, 0.2) is 5.10 Å². The first-order valence-electron chi connectivity index (χ1n) is 3.56. The second-order valence-corrected chi connectivity index (χ2v) is 3.23. The molecule has 0 radical (unpaired) electrons. The maximum absolute atomic E-state index is 4.13. The molecule has 10 heavy (non-hydrogen) atoms. The van der Waals surface area contributed by atoms with E-state index in [0.29, 0.717) is 0 Å². The van der Waals surface area contributed by atoms with Crippen molar-refractivity contribution in [2.24, 2.45) is 5.10 Å². The highest BCUT2D eigenvalue weighted by Gasteiger charge is 2.13. The Labute approximate surface area is 65.9 Å². The molecule has 3 nitrogen and oxygen atoms in total. The van der Waals surface area contributed by atoms with Crippen LogP contribution in [0, 0.1) is 0 Å². The number of thioether (sulfide) groups is 1. The van der Waals surface area contributed by atoms with E-state index >= 15 is 0 Å². The van der Waals surface area contributed by atoms with E-state index in [4.69, 9.17) is 0 Å². The summed E-state index contributed by atoms with van der Waals surface area (Å²) in [5, 5.41) is 5.26. The topological polar surface area (TPSA) is 27.6 Å². The van der Waals surface area contributed by atoms with Gasteiger partial charge in [-0.2, -0.15) is 5.10 Å². The fraction of sp³-hybridized carbons (Fsp3) is 0.833. The van der Waals surface area contributed by atoms with Gasteiger partial charge in [-0.3, -0.25) is 5.43 Å². The summed E-state index contributed by atoms with van der Waals surface area (Å²) in [6.45, 7) is 6.19. The third-order valence-electron chi connectivity index (χ3n) is 1.36. The van der Waals surface area contributed by atoms with Crippen LogP contribution in [0.2, 0.25) is 0 Å². The maximum atomic E-state index is 4.13. The van der Waals surface area contributed by atoms with Gasteiger partial charge in [-0.05, 0) is 12.7 Å². The lowest BCUT2D eigenvalue weighted by atomic mass is 10.7. The number of rotatable bonds is 2. The van der Waals surface area contributed by atoms with Gasteiger partial charge in [0, 0.05) is 6.54 Å². The van der Waals surface area contributed by atoms with E-state index in [-0.39, 0.29) is 0 Å². The minimum atomic E-state index is 0.874. The van der Waals surface area contributed by atoms with Gasteiger partial charge >= 0.3 is 0 Å². The zero-order valence-corrected chi connectivity index (χ0v) is 7.24. The van der Waals surface area contributed by atoms with Crippen molar-refractivity contribution in [1.29, 1.82) is 0 Å². The molecule has 0 fully saturated rings. The van der Waals surface area contributed by atoms with Crippen LogP contribution in [0.3, 0.4) is 0 Å². The highest BCUT2D eigenvalue weighted by atomic mass is 32.2. The second kappa shape index (κ2) is 3.71. The summed E-state index contributed by atoms with van der Waals surface area (Å²) in [5.74, 6) is 1.09. The minimum Gasteiger partial charge on any atom is -0.331 e. The molecule has 1 heterocycles. The van der Waals surface area contributed by atoms with E-state index in [1.54, 1.807) is 11.8 Å². The smallest absolute Gasteiger partial charge is 0.184 e. The molecule has 0 spiro atoms. The van der Waals surface area contributed by atoms with Gasteiger partial charge in [0.05, 0.1) is 0 Å². The lowest BCUT2D eigenvalue weighted by Gasteiger charge is -2.14. The number of hydrogen-bond donors (Lipinski definition) is 1. The molecule has 0 bridgehead atoms. The molecule has 0 unspecified atom stereocenters. The van der Waals surface area contributed by atoms with Crippen molar-refractivity contribution in [1.82, 2.24) is 10.3 Å². The minimum absolute atomic E-state index is 0.874. The van der Waals surface area contributed by atoms with Crippen LogP contribution in [-0.4, -0.2) is 29.0 Å². The average Bonchev–Trinajstić information content (AvgIpc) is 2.36. The first-order chi connectivity index (χ1) is 4.88. The highest BCUT2D eigenvalue weighted by Crippen LogP contribution is 2.10. The first kappa shape index (κ1) is 7.72. The Bertz CT molecular complexity index is 135. The van der Waals surface area contributed by atoms with Crippen molar-refractivity contribution in [3.8, 4) is 0 Å². The maximum Gasteiger partial charge on any atom is 0.184 e. The zero-order chi connectivity index (χ0) is 7.40. The standard InChI is InChI=1S/C6H13N3S/c1-3-9-5-7-8-6(9)10-4-2/h7H,3-5H2,1-2H3. The number of nitrogens with zero attached hydrogens (tertiary/aromatic N) is 2. The van der Waals surface area contributed by atoms with E-state index < -0.39 is 0 Å². The van der Waals surface area contributed by atoms with Crippen LogP contribution < -0.4 is 5.43 Å². The van der Waals surface area contributed by atoms with Crippen molar-refractivity contribution < 1.29 is 0 Å². The molecular formula is C6H13N3S. The van der Waals surface area contributed by atoms with E-state index in [1.807, 2.05) is 0 Å². The Kier molecular flexibility index (Phi) is 2.86. The van der Waals surface area contributed by atoms with Crippen molar-refractivity contribution >= 4 is 16.9 Å². The average molecular weight is 159 g/mol. The molecule has 1 aliphatic heterocycles. The molecule has 0 aromatic carbocycles. The summed E-state index contributed by atoms with van der Waals surface area (Å²) in [6.07, 6.45) is 0. The molecule has 58 valence electrons. The van der Waals surface area contributed by atoms with Crippen molar-refractivity contribution in [2.45, 2.75) is 13.8 Å². The Balaban J connectivity index is 2.40. The van der Waals surface area contributed by atoms with Crippen LogP contribution in [-0.2, 0) is 0 Å². The van der Waals surface area contributed by atoms with Crippen LogP contribution in [0.1, 0.15) is 13.8 Å². The summed E-state index contributed by atoms with van der Waals surface area (Å²) in [4.78, 5) is 2.22. The highest BCUT2D eigenvalue weighted by molar-refractivity contribution is 8.13. The molecule has 1 aliphatic rings. The van der Waals surface area contributed by atoms with Gasteiger partial charge in [-0.15, -0.1) is 0 Å². The number of hydrogen-bond acceptors (Lipinski definition) is 4. The fourth-order valence-corrected chi connectivity index (χ4v) is 1.59. The van der Waals surface area contributed by atoms with Crippen molar-refractivity contribution in [2.75, 3.05) is 19.0 Å². The van der Waals surface area contributed by atoms with Gasteiger partial charge in [-0.25, -0.2) is 0 Å². The predicted molar refractivity (Wildman–Crippen MR) is 45.9 cm³/mol. The molecule has 0 saturated carbocycles. The first-order valence-corrected chi connectivity index (χ1v) is 4.55. The third-order valence-corrected chi connectivity index (χ3v) is 2.26. The Morgan fingerprint density at radius 2 is 2.50 bits per heavy atom. The van der Waals surface area contributed by atoms with Crippen molar-refractivity contribution in [3.05, 3.63) is 0 Å². The third kappa shape index (κ3) is 1.56. The zero-order valence-electron chi connectivity index (χ0n) is 6.42. The Morgan fingerprint density at radius 1 is 1.70 bits per heavy atom. The van der Waals surface area contributed by atoms with Crippen LogP contribution in [0.4, 0.5) is 0 Å². The van der Waals surface area contributed by atoms with Crippen molar-refractivity contribution in [3.63, 3.8) is 0 Å². The summed E-state index contributed by atoms with van der Waals surface area (Å²) >= 11 is 1.78. The van der Waals surface area contributed by atoms with E-state index in [0.717, 1.165) is 24.1 Å². The Morgan fingerprint density at radius 3 is 3.10 bits per heavy atom. The molecule has 0 amide bonds. The SMILES string of the molecule is CCSC1=NNCN1CC. The van der Waals surface area contributed by atoms with Gasteiger partial charge < -0.3 is 4.90 Å². The van der Waals surface area contributed by atoms with Crippen LogP contribution >= 0.6 is 11.8 Å². The van der Waals surface area contributed by atoms with Gasteiger partial charge in [-0.1, -0.05) is 18.7 Å². The molecule has 0 aromatic heterocycles. The molecule has 1 rings (SSSR count). The summed E-state index contributed by atoms with van der Waals surface area (Å²) in [5.41, 5.74) is 2.95. The molecular weight excluding hydrogens is 146 g/mol. The Hall–Kier alpha value is -0.380. The fourth-order valence-electron chi connectivity index (χ4n) is 0.826. The summed E-state index contributed by atoms with van der Waals surface area (Å²) in [7, 11) is 0. The quantitative estimate of drug-likeness (QED) is 0.648. The van der Waals surface area contributed by atoms with E-state index in [1.165, 1.54) is 0 Å². The summed E-state index contributed by atoms with van der Waals surface area (Å²) in [6, 6.07) is 0. The van der Waals surface area contributed by atoms with Crippen LogP contribution in [0.25, 0.3) is 0 Å². The largest absolute Gasteiger partial charge is 0.331 e. The lowest BCUT2D eigenvalue weighted by Crippen LogP contribution is -2.27. The number of hydrazone groups is 1. The normalized spacial score (nSPS) is 17.0. The van der Waals surface area contributed by atoms with Gasteiger partial charge in [0.25, 0.3) is 0 Å². The molecule has 1 N–H and O–H groups in total. The van der Waals surface area contributed by atoms with E-state index in [2.05, 4.69) is 29.3 Å². The monoisotopic (exact) mass is 159 g/mol. The van der Waals surface area contributed by atoms with Crippen LogP contribution in [0.5, 0.6) is 0 Å². The lowest BCUT2D eigenvalue weighted by molar-refractivity contribution is 0.452. The van der Waals surface area contributed by atoms with Gasteiger partial charge in [0.15, 0.2) is 5.17 Å². The number of nitrogens with one attached hydrogen (secondary N) is 1. The van der Waals surface area contributed by atoms with Gasteiger partial charge in [0.2, 0.25) is 0 Å². The second-order valence-electron chi connectivity index (χ2n) is 2.00.